The number of ether oxygens (including phenoxy) is 3. The van der Waals surface area contributed by atoms with Gasteiger partial charge in [0.25, 0.3) is 5.91 Å². The summed E-state index contributed by atoms with van der Waals surface area (Å²) in [7, 11) is 1.27. The Kier molecular flexibility index (Phi) is 8.61. The van der Waals surface area contributed by atoms with E-state index in [0.29, 0.717) is 29.4 Å². The fourth-order valence-corrected chi connectivity index (χ4v) is 3.48. The molecule has 1 atom stereocenters. The number of esters is 1. The molecule has 13 heteroatoms. The molecule has 2 heterocycles. The zero-order chi connectivity index (χ0) is 27.1. The second-order valence-electron chi connectivity index (χ2n) is 7.82. The van der Waals surface area contributed by atoms with Gasteiger partial charge >= 0.3 is 11.7 Å². The van der Waals surface area contributed by atoms with E-state index in [-0.39, 0.29) is 29.4 Å². The van der Waals surface area contributed by atoms with Crippen molar-refractivity contribution < 1.29 is 33.1 Å². The van der Waals surface area contributed by atoms with Crippen molar-refractivity contribution >= 4 is 23.8 Å². The molecule has 0 saturated carbocycles. The van der Waals surface area contributed by atoms with Gasteiger partial charge in [0, 0.05) is 0 Å². The Hall–Kier alpha value is -4.68. The second-order valence-corrected chi connectivity index (χ2v) is 7.82. The van der Waals surface area contributed by atoms with E-state index in [0.717, 1.165) is 0 Å². The average molecular weight is 514 g/mol. The minimum atomic E-state index is -0.819. The smallest absolute Gasteiger partial charge is 0.373 e. The number of hydrogen-bond acceptors (Lipinski definition) is 10. The number of methoxy groups -OCH3 is 1. The van der Waals surface area contributed by atoms with E-state index < -0.39 is 22.8 Å². The van der Waals surface area contributed by atoms with Gasteiger partial charge in [0.1, 0.15) is 29.8 Å². The Labute approximate surface area is 212 Å². The van der Waals surface area contributed by atoms with E-state index in [4.69, 9.17) is 13.9 Å². The van der Waals surface area contributed by atoms with E-state index in [9.17, 15) is 19.7 Å². The number of nitro groups is 1. The molecule has 196 valence electrons. The highest BCUT2D eigenvalue weighted by molar-refractivity contribution is 5.86. The number of rotatable bonds is 11. The Morgan fingerprint density at radius 2 is 2.00 bits per heavy atom. The zero-order valence-electron chi connectivity index (χ0n) is 21.0. The lowest BCUT2D eigenvalue weighted by Gasteiger charge is -2.12. The number of hydrazone groups is 1. The minimum absolute atomic E-state index is 0.0585. The number of hydrogen-bond donors (Lipinski definition) is 1. The molecule has 1 N–H and O–H groups in total. The van der Waals surface area contributed by atoms with Crippen LogP contribution < -0.4 is 14.9 Å². The molecule has 3 rings (SSSR count). The summed E-state index contributed by atoms with van der Waals surface area (Å²) in [4.78, 5) is 34.8. The van der Waals surface area contributed by atoms with Crippen molar-refractivity contribution in [2.45, 2.75) is 40.3 Å². The second kappa shape index (κ2) is 11.8. The Morgan fingerprint density at radius 3 is 2.65 bits per heavy atom. The number of amides is 1. The van der Waals surface area contributed by atoms with Crippen molar-refractivity contribution in [1.29, 1.82) is 0 Å². The Bertz CT molecular complexity index is 1330. The summed E-state index contributed by atoms with van der Waals surface area (Å²) >= 11 is 0. The maximum Gasteiger partial charge on any atom is 0.373 e. The van der Waals surface area contributed by atoms with Crippen molar-refractivity contribution in [1.82, 2.24) is 15.2 Å². The van der Waals surface area contributed by atoms with Crippen LogP contribution in [0.2, 0.25) is 0 Å². The molecule has 13 nitrogen and oxygen atoms in total. The monoisotopic (exact) mass is 513 g/mol. The lowest BCUT2D eigenvalue weighted by Crippen LogP contribution is -2.28. The van der Waals surface area contributed by atoms with Gasteiger partial charge in [-0.2, -0.15) is 10.2 Å². The van der Waals surface area contributed by atoms with Crippen LogP contribution in [0.3, 0.4) is 0 Å². The first kappa shape index (κ1) is 26.9. The molecular weight excluding hydrogens is 486 g/mol. The summed E-state index contributed by atoms with van der Waals surface area (Å²) < 4.78 is 22.7. The van der Waals surface area contributed by atoms with Crippen LogP contribution in [0.25, 0.3) is 0 Å². The first-order chi connectivity index (χ1) is 17.7. The summed E-state index contributed by atoms with van der Waals surface area (Å²) in [6.07, 6.45) is 1.43. The summed E-state index contributed by atoms with van der Waals surface area (Å²) in [5.74, 6) is 0.317. The van der Waals surface area contributed by atoms with Gasteiger partial charge in [-0.05, 0) is 63.6 Å². The molecule has 0 aliphatic rings. The number of nitrogens with one attached hydrogen (secondary N) is 1. The highest BCUT2D eigenvalue weighted by Crippen LogP contribution is 2.29. The SMILES string of the molecule is CCOc1cc(C=NNC(=O)C(C)n2nc(C)c([N+](=O)[O-])c2C)ccc1OCc1ccc(C(=O)OC)o1. The van der Waals surface area contributed by atoms with Gasteiger partial charge in [-0.1, -0.05) is 0 Å². The Morgan fingerprint density at radius 1 is 1.24 bits per heavy atom. The molecule has 1 unspecified atom stereocenters. The van der Waals surface area contributed by atoms with E-state index in [1.165, 1.54) is 37.9 Å². The molecular formula is C24H27N5O8. The first-order valence-electron chi connectivity index (χ1n) is 11.3. The van der Waals surface area contributed by atoms with Crippen LogP contribution >= 0.6 is 0 Å². The summed E-state index contributed by atoms with van der Waals surface area (Å²) in [6, 6.07) is 7.37. The predicted octanol–water partition coefficient (Wildman–Crippen LogP) is 3.48. The molecule has 1 aromatic carbocycles. The van der Waals surface area contributed by atoms with Crippen LogP contribution in [-0.4, -0.2) is 46.5 Å². The molecule has 2 aromatic heterocycles. The molecule has 0 spiro atoms. The van der Waals surface area contributed by atoms with Crippen LogP contribution in [0.4, 0.5) is 5.69 Å². The number of nitrogens with zero attached hydrogens (tertiary/aromatic N) is 4. The predicted molar refractivity (Wildman–Crippen MR) is 131 cm³/mol. The summed E-state index contributed by atoms with van der Waals surface area (Å²) in [5, 5.41) is 19.3. The average Bonchev–Trinajstić information content (AvgIpc) is 3.46. The van der Waals surface area contributed by atoms with E-state index >= 15 is 0 Å². The molecule has 3 aromatic rings. The number of aromatic nitrogens is 2. The maximum absolute atomic E-state index is 12.5. The summed E-state index contributed by atoms with van der Waals surface area (Å²) in [6.45, 7) is 6.89. The molecule has 0 aliphatic carbocycles. The fraction of sp³-hybridized carbons (Fsp3) is 0.333. The van der Waals surface area contributed by atoms with Crippen molar-refractivity contribution in [2.24, 2.45) is 5.10 Å². The van der Waals surface area contributed by atoms with Crippen LogP contribution in [0.1, 0.15) is 53.2 Å². The van der Waals surface area contributed by atoms with E-state index in [2.05, 4.69) is 20.4 Å². The normalized spacial score (nSPS) is 11.8. The third-order valence-electron chi connectivity index (χ3n) is 5.29. The minimum Gasteiger partial charge on any atom is -0.490 e. The van der Waals surface area contributed by atoms with Crippen molar-refractivity contribution in [3.05, 3.63) is 68.9 Å². The Balaban J connectivity index is 1.65. The number of aryl methyl sites for hydroxylation is 1. The number of furan rings is 1. The molecule has 0 aliphatic heterocycles. The number of benzene rings is 1. The van der Waals surface area contributed by atoms with Gasteiger partial charge < -0.3 is 18.6 Å². The van der Waals surface area contributed by atoms with Crippen LogP contribution in [-0.2, 0) is 16.1 Å². The largest absolute Gasteiger partial charge is 0.490 e. The topological polar surface area (TPSA) is 160 Å². The lowest BCUT2D eigenvalue weighted by atomic mass is 10.2. The van der Waals surface area contributed by atoms with Gasteiger partial charge in [0.2, 0.25) is 5.76 Å². The van der Waals surface area contributed by atoms with Gasteiger partial charge in [-0.25, -0.2) is 10.2 Å². The van der Waals surface area contributed by atoms with Crippen LogP contribution in [0, 0.1) is 24.0 Å². The van der Waals surface area contributed by atoms with Crippen molar-refractivity contribution in [2.75, 3.05) is 13.7 Å². The first-order valence-corrected chi connectivity index (χ1v) is 11.3. The van der Waals surface area contributed by atoms with Crippen molar-refractivity contribution in [3.8, 4) is 11.5 Å². The zero-order valence-corrected chi connectivity index (χ0v) is 21.0. The lowest BCUT2D eigenvalue weighted by molar-refractivity contribution is -0.386. The van der Waals surface area contributed by atoms with Crippen LogP contribution in [0.15, 0.2) is 39.9 Å². The van der Waals surface area contributed by atoms with Crippen molar-refractivity contribution in [3.63, 3.8) is 0 Å². The van der Waals surface area contributed by atoms with Gasteiger partial charge in [-0.15, -0.1) is 0 Å². The van der Waals surface area contributed by atoms with E-state index in [1.54, 1.807) is 31.2 Å². The molecule has 0 bridgehead atoms. The molecule has 0 radical (unpaired) electrons. The fourth-order valence-electron chi connectivity index (χ4n) is 3.48. The number of carbonyl (C=O) groups is 2. The third kappa shape index (κ3) is 6.31. The van der Waals surface area contributed by atoms with Gasteiger partial charge in [0.15, 0.2) is 11.5 Å². The van der Waals surface area contributed by atoms with Gasteiger partial charge in [0.05, 0.1) is 24.9 Å². The molecule has 0 saturated heterocycles. The molecule has 0 fully saturated rings. The van der Waals surface area contributed by atoms with Gasteiger partial charge in [-0.3, -0.25) is 19.6 Å². The molecule has 37 heavy (non-hydrogen) atoms. The van der Waals surface area contributed by atoms with E-state index in [1.807, 2.05) is 6.92 Å². The summed E-state index contributed by atoms with van der Waals surface area (Å²) in [5.41, 5.74) is 3.43. The maximum atomic E-state index is 12.5. The third-order valence-corrected chi connectivity index (χ3v) is 5.29. The highest BCUT2D eigenvalue weighted by Gasteiger charge is 2.27. The standard InChI is InChI=1S/C24H27N5O8/c1-6-35-21-11-17(7-9-19(21)36-13-18-8-10-20(37-18)24(31)34-5)12-25-26-23(30)16(4)28-15(3)22(29(32)33)14(2)27-28/h7-12,16H,6,13H2,1-5H3,(H,26,30). The van der Waals surface area contributed by atoms with Crippen LogP contribution in [0.5, 0.6) is 11.5 Å². The number of carbonyl (C=O) groups excluding carboxylic acids is 2. The quantitative estimate of drug-likeness (QED) is 0.175. The highest BCUT2D eigenvalue weighted by atomic mass is 16.6. The molecule has 1 amide bonds.